The summed E-state index contributed by atoms with van der Waals surface area (Å²) in [5, 5.41) is 12.0. The maximum atomic E-state index is 13.6. The summed E-state index contributed by atoms with van der Waals surface area (Å²) in [6.45, 7) is 0. The summed E-state index contributed by atoms with van der Waals surface area (Å²) in [5.41, 5.74) is -0.374. The van der Waals surface area contributed by atoms with E-state index in [0.29, 0.717) is 5.02 Å². The first-order valence-corrected chi connectivity index (χ1v) is 6.99. The van der Waals surface area contributed by atoms with Crippen molar-refractivity contribution in [3.8, 4) is 6.07 Å². The Morgan fingerprint density at radius 2 is 1.91 bits per heavy atom. The quantitative estimate of drug-likeness (QED) is 0.636. The van der Waals surface area contributed by atoms with Crippen molar-refractivity contribution in [2.75, 3.05) is 5.32 Å². The Bertz CT molecular complexity index is 844. The van der Waals surface area contributed by atoms with Crippen LogP contribution in [0.5, 0.6) is 0 Å². The molecule has 0 aliphatic carbocycles. The van der Waals surface area contributed by atoms with Gasteiger partial charge in [0.05, 0.1) is 10.7 Å². The van der Waals surface area contributed by atoms with Crippen LogP contribution in [0, 0.1) is 23.0 Å². The summed E-state index contributed by atoms with van der Waals surface area (Å²) >= 11 is 11.7. The van der Waals surface area contributed by atoms with Gasteiger partial charge in [-0.05, 0) is 42.5 Å². The van der Waals surface area contributed by atoms with Crippen LogP contribution in [-0.4, -0.2) is 5.91 Å². The van der Waals surface area contributed by atoms with E-state index < -0.39 is 23.1 Å². The number of anilines is 1. The second kappa shape index (κ2) is 7.23. The van der Waals surface area contributed by atoms with Crippen LogP contribution in [0.1, 0.15) is 5.56 Å². The zero-order chi connectivity index (χ0) is 17.0. The molecular formula is C16H8Cl2F2N2O. The molecule has 0 unspecified atom stereocenters. The molecule has 0 aliphatic heterocycles. The van der Waals surface area contributed by atoms with Gasteiger partial charge < -0.3 is 5.32 Å². The van der Waals surface area contributed by atoms with Crippen LogP contribution in [0.3, 0.4) is 0 Å². The summed E-state index contributed by atoms with van der Waals surface area (Å²) in [7, 11) is 0. The van der Waals surface area contributed by atoms with E-state index >= 15 is 0 Å². The van der Waals surface area contributed by atoms with E-state index in [-0.39, 0.29) is 16.3 Å². The Kier molecular flexibility index (Phi) is 5.32. The highest BCUT2D eigenvalue weighted by Crippen LogP contribution is 2.26. The van der Waals surface area contributed by atoms with E-state index in [1.165, 1.54) is 18.2 Å². The number of halogens is 4. The number of hydrogen-bond acceptors (Lipinski definition) is 2. The number of rotatable bonds is 3. The van der Waals surface area contributed by atoms with Gasteiger partial charge in [-0.15, -0.1) is 0 Å². The highest BCUT2D eigenvalue weighted by molar-refractivity contribution is 6.36. The average Bonchev–Trinajstić information content (AvgIpc) is 2.50. The minimum atomic E-state index is -0.805. The lowest BCUT2D eigenvalue weighted by Gasteiger charge is -2.07. The number of nitrogens with zero attached hydrogens (tertiary/aromatic N) is 1. The van der Waals surface area contributed by atoms with E-state index in [1.54, 1.807) is 6.07 Å². The van der Waals surface area contributed by atoms with Crippen molar-refractivity contribution in [3.63, 3.8) is 0 Å². The Labute approximate surface area is 140 Å². The van der Waals surface area contributed by atoms with Gasteiger partial charge >= 0.3 is 0 Å². The largest absolute Gasteiger partial charge is 0.320 e. The Balaban J connectivity index is 2.30. The summed E-state index contributed by atoms with van der Waals surface area (Å²) in [6.07, 6.45) is 0.956. The fourth-order valence-electron chi connectivity index (χ4n) is 1.71. The van der Waals surface area contributed by atoms with E-state index in [1.807, 2.05) is 0 Å². The molecule has 1 N–H and O–H groups in total. The molecule has 0 fully saturated rings. The van der Waals surface area contributed by atoms with E-state index in [2.05, 4.69) is 5.32 Å². The Morgan fingerprint density at radius 1 is 1.17 bits per heavy atom. The van der Waals surface area contributed by atoms with Crippen LogP contribution in [-0.2, 0) is 4.79 Å². The normalized spacial score (nSPS) is 11.0. The SMILES string of the molecule is N#C/C(=C\c1cc(F)ccc1F)C(=O)Nc1ccc(Cl)cc1Cl. The molecule has 2 aromatic carbocycles. The Morgan fingerprint density at radius 3 is 2.57 bits per heavy atom. The van der Waals surface area contributed by atoms with Gasteiger partial charge in [-0.3, -0.25) is 4.79 Å². The van der Waals surface area contributed by atoms with Gasteiger partial charge in [0, 0.05) is 10.6 Å². The van der Waals surface area contributed by atoms with E-state index in [4.69, 9.17) is 28.5 Å². The molecule has 0 radical (unpaired) electrons. The maximum Gasteiger partial charge on any atom is 0.266 e. The maximum absolute atomic E-state index is 13.6. The lowest BCUT2D eigenvalue weighted by atomic mass is 10.1. The van der Waals surface area contributed by atoms with Gasteiger partial charge in [-0.25, -0.2) is 8.78 Å². The third kappa shape index (κ3) is 4.28. The minimum absolute atomic E-state index is 0.181. The molecular weight excluding hydrogens is 345 g/mol. The monoisotopic (exact) mass is 352 g/mol. The van der Waals surface area contributed by atoms with Crippen molar-refractivity contribution in [1.29, 1.82) is 5.26 Å². The topological polar surface area (TPSA) is 52.9 Å². The second-order valence-corrected chi connectivity index (χ2v) is 5.26. The zero-order valence-corrected chi connectivity index (χ0v) is 12.9. The molecule has 2 rings (SSSR count). The highest BCUT2D eigenvalue weighted by atomic mass is 35.5. The molecule has 23 heavy (non-hydrogen) atoms. The number of nitrogens with one attached hydrogen (secondary N) is 1. The standard InChI is InChI=1S/C16H8Cl2F2N2O/c17-11-1-4-15(13(18)7-11)22-16(23)10(8-21)5-9-6-12(19)2-3-14(9)20/h1-7H,(H,22,23)/b10-5+. The molecule has 0 aromatic heterocycles. The molecule has 0 bridgehead atoms. The van der Waals surface area contributed by atoms with Crippen molar-refractivity contribution in [2.24, 2.45) is 0 Å². The van der Waals surface area contributed by atoms with Crippen molar-refractivity contribution >= 4 is 40.9 Å². The molecule has 3 nitrogen and oxygen atoms in total. The third-order valence-corrected chi connectivity index (χ3v) is 3.35. The number of nitriles is 1. The first-order chi connectivity index (χ1) is 10.9. The molecule has 0 saturated carbocycles. The van der Waals surface area contributed by atoms with Crippen LogP contribution in [0.15, 0.2) is 42.0 Å². The third-order valence-electron chi connectivity index (χ3n) is 2.80. The number of hydrogen-bond donors (Lipinski definition) is 1. The molecule has 0 atom stereocenters. The molecule has 0 spiro atoms. The van der Waals surface area contributed by atoms with Crippen molar-refractivity contribution in [2.45, 2.75) is 0 Å². The summed E-state index contributed by atoms with van der Waals surface area (Å²) in [5.74, 6) is -2.24. The summed E-state index contributed by atoms with van der Waals surface area (Å²) in [4.78, 5) is 12.1. The van der Waals surface area contributed by atoms with Gasteiger partial charge in [-0.2, -0.15) is 5.26 Å². The second-order valence-electron chi connectivity index (χ2n) is 4.41. The molecule has 2 aromatic rings. The van der Waals surface area contributed by atoms with Gasteiger partial charge in [0.2, 0.25) is 0 Å². The lowest BCUT2D eigenvalue weighted by Crippen LogP contribution is -2.13. The van der Waals surface area contributed by atoms with E-state index in [0.717, 1.165) is 24.3 Å². The van der Waals surface area contributed by atoms with Crippen molar-refractivity contribution < 1.29 is 13.6 Å². The number of carbonyl (C=O) groups excluding carboxylic acids is 1. The van der Waals surface area contributed by atoms with Crippen LogP contribution in [0.2, 0.25) is 10.0 Å². The van der Waals surface area contributed by atoms with Gasteiger partial charge in [0.25, 0.3) is 5.91 Å². The van der Waals surface area contributed by atoms with Gasteiger partial charge in [0.15, 0.2) is 0 Å². The first-order valence-electron chi connectivity index (χ1n) is 6.24. The lowest BCUT2D eigenvalue weighted by molar-refractivity contribution is -0.112. The number of amides is 1. The smallest absolute Gasteiger partial charge is 0.266 e. The van der Waals surface area contributed by atoms with Crippen molar-refractivity contribution in [1.82, 2.24) is 0 Å². The summed E-state index contributed by atoms with van der Waals surface area (Å²) < 4.78 is 26.7. The average molecular weight is 353 g/mol. The predicted molar refractivity (Wildman–Crippen MR) is 85.0 cm³/mol. The van der Waals surface area contributed by atoms with Crippen LogP contribution < -0.4 is 5.32 Å². The van der Waals surface area contributed by atoms with Crippen LogP contribution in [0.25, 0.3) is 6.08 Å². The molecule has 0 heterocycles. The number of benzene rings is 2. The molecule has 1 amide bonds. The minimum Gasteiger partial charge on any atom is -0.320 e. The van der Waals surface area contributed by atoms with Gasteiger partial charge in [0.1, 0.15) is 23.3 Å². The van der Waals surface area contributed by atoms with E-state index in [9.17, 15) is 13.6 Å². The predicted octanol–water partition coefficient (Wildman–Crippen LogP) is 4.82. The Hall–Kier alpha value is -2.42. The molecule has 7 heteroatoms. The highest BCUT2D eigenvalue weighted by Gasteiger charge is 2.13. The first kappa shape index (κ1) is 16.9. The van der Waals surface area contributed by atoms with Gasteiger partial charge in [-0.1, -0.05) is 23.2 Å². The van der Waals surface area contributed by atoms with Crippen LogP contribution >= 0.6 is 23.2 Å². The summed E-state index contributed by atoms with van der Waals surface area (Å²) in [6, 6.07) is 8.75. The van der Waals surface area contributed by atoms with Crippen molar-refractivity contribution in [3.05, 3.63) is 69.2 Å². The molecule has 116 valence electrons. The fraction of sp³-hybridized carbons (Fsp3) is 0. The molecule has 0 saturated heterocycles. The number of carbonyl (C=O) groups is 1. The molecule has 0 aliphatic rings. The fourth-order valence-corrected chi connectivity index (χ4v) is 2.17. The van der Waals surface area contributed by atoms with Crippen LogP contribution in [0.4, 0.5) is 14.5 Å². The zero-order valence-electron chi connectivity index (χ0n) is 11.4.